The molecule has 1 amide bonds. The zero-order valence-corrected chi connectivity index (χ0v) is 32.1. The van der Waals surface area contributed by atoms with Gasteiger partial charge in [0.1, 0.15) is 0 Å². The average molecular weight is 690 g/mol. The maximum atomic E-state index is 12.3. The van der Waals surface area contributed by atoms with Crippen molar-refractivity contribution < 1.29 is 15.0 Å². The molecule has 2 unspecified atom stereocenters. The van der Waals surface area contributed by atoms with Gasteiger partial charge in [0.05, 0.1) is 18.8 Å². The normalized spacial score (nSPS) is 14.2. The third kappa shape index (κ3) is 36.3. The largest absolute Gasteiger partial charge is 0.394 e. The molecule has 0 aromatic heterocycles. The second kappa shape index (κ2) is 40.5. The lowest BCUT2D eigenvalue weighted by atomic mass is 10.1. The van der Waals surface area contributed by atoms with Crippen molar-refractivity contribution in [2.24, 2.45) is 0 Å². The highest BCUT2D eigenvalue weighted by molar-refractivity contribution is 5.76. The molecule has 0 aliphatic carbocycles. The Morgan fingerprint density at radius 3 is 1.38 bits per heavy atom. The van der Waals surface area contributed by atoms with E-state index < -0.39 is 12.1 Å². The van der Waals surface area contributed by atoms with E-state index in [0.717, 1.165) is 96.3 Å². The summed E-state index contributed by atoms with van der Waals surface area (Å²) in [6.07, 6.45) is 61.8. The maximum absolute atomic E-state index is 12.3. The van der Waals surface area contributed by atoms with Crippen LogP contribution >= 0.6 is 0 Å². The molecular formula is C46H75NO3. The number of aliphatic hydroxyl groups excluding tert-OH is 2. The number of carbonyl (C=O) groups is 1. The quantitative estimate of drug-likeness (QED) is 0.0465. The summed E-state index contributed by atoms with van der Waals surface area (Å²) in [4.78, 5) is 12.3. The second-order valence-corrected chi connectivity index (χ2v) is 12.9. The Hall–Kier alpha value is -2.95. The van der Waals surface area contributed by atoms with Crippen molar-refractivity contribution in [2.45, 2.75) is 167 Å². The lowest BCUT2D eigenvalue weighted by Gasteiger charge is -2.19. The van der Waals surface area contributed by atoms with Crippen LogP contribution in [0.25, 0.3) is 0 Å². The Labute approximate surface area is 308 Å². The van der Waals surface area contributed by atoms with Gasteiger partial charge in [-0.1, -0.05) is 168 Å². The van der Waals surface area contributed by atoms with E-state index in [4.69, 9.17) is 0 Å². The van der Waals surface area contributed by atoms with Crippen LogP contribution in [0.2, 0.25) is 0 Å². The summed E-state index contributed by atoms with van der Waals surface area (Å²) in [7, 11) is 0. The highest BCUT2D eigenvalue weighted by atomic mass is 16.3. The molecule has 282 valence electrons. The van der Waals surface area contributed by atoms with Gasteiger partial charge in [0.25, 0.3) is 0 Å². The van der Waals surface area contributed by atoms with Crippen LogP contribution in [0.4, 0.5) is 0 Å². The minimum atomic E-state index is -0.879. The summed E-state index contributed by atoms with van der Waals surface area (Å²) in [5.74, 6) is -0.0955. The lowest BCUT2D eigenvalue weighted by molar-refractivity contribution is -0.123. The Balaban J connectivity index is 3.68. The molecule has 0 saturated carbocycles. The van der Waals surface area contributed by atoms with Crippen molar-refractivity contribution in [3.05, 3.63) is 109 Å². The second-order valence-electron chi connectivity index (χ2n) is 12.9. The summed E-state index contributed by atoms with van der Waals surface area (Å²) in [5.41, 5.74) is 0. The molecule has 0 aliphatic heterocycles. The number of nitrogens with one attached hydrogen (secondary N) is 1. The SMILES string of the molecule is CC/C=C\C/C=C\C/C=C\C/C=C\C/C=C\C/C=C\CCCCCCCCCCC(=O)NC(CO)C(O)/C=C/CC/C=C/CC/C=C/CCC. The van der Waals surface area contributed by atoms with Gasteiger partial charge in [-0.3, -0.25) is 4.79 Å². The van der Waals surface area contributed by atoms with Crippen LogP contribution in [0.3, 0.4) is 0 Å². The Morgan fingerprint density at radius 2 is 0.900 bits per heavy atom. The summed E-state index contributed by atoms with van der Waals surface area (Å²) in [5, 5.41) is 22.8. The monoisotopic (exact) mass is 690 g/mol. The first-order chi connectivity index (χ1) is 24.7. The summed E-state index contributed by atoms with van der Waals surface area (Å²) < 4.78 is 0. The third-order valence-electron chi connectivity index (χ3n) is 8.20. The molecule has 0 spiro atoms. The molecule has 0 aliphatic rings. The van der Waals surface area contributed by atoms with E-state index in [0.29, 0.717) is 6.42 Å². The Morgan fingerprint density at radius 1 is 0.500 bits per heavy atom. The zero-order valence-electron chi connectivity index (χ0n) is 32.1. The fourth-order valence-corrected chi connectivity index (χ4v) is 5.16. The molecule has 50 heavy (non-hydrogen) atoms. The van der Waals surface area contributed by atoms with E-state index in [1.165, 1.54) is 38.5 Å². The minimum Gasteiger partial charge on any atom is -0.394 e. The number of hydrogen-bond donors (Lipinski definition) is 3. The van der Waals surface area contributed by atoms with Gasteiger partial charge in [0.15, 0.2) is 0 Å². The van der Waals surface area contributed by atoms with E-state index in [1.807, 2.05) is 6.08 Å². The van der Waals surface area contributed by atoms with Gasteiger partial charge in [-0.25, -0.2) is 0 Å². The van der Waals surface area contributed by atoms with E-state index in [1.54, 1.807) is 6.08 Å². The highest BCUT2D eigenvalue weighted by Crippen LogP contribution is 2.11. The summed E-state index contributed by atoms with van der Waals surface area (Å²) in [6.45, 7) is 4.07. The first-order valence-corrected chi connectivity index (χ1v) is 20.1. The zero-order chi connectivity index (χ0) is 36.4. The number of rotatable bonds is 34. The molecule has 4 heteroatoms. The van der Waals surface area contributed by atoms with E-state index >= 15 is 0 Å². The number of hydrogen-bond acceptors (Lipinski definition) is 3. The summed E-state index contributed by atoms with van der Waals surface area (Å²) in [6, 6.07) is -0.655. The molecule has 0 saturated heterocycles. The topological polar surface area (TPSA) is 69.6 Å². The molecule has 0 bridgehead atoms. The standard InChI is InChI=1S/C46H75NO3/c1-3-5-7-9-11-13-15-16-17-18-19-20-21-22-23-24-25-26-27-28-29-30-32-34-36-38-40-42-46(50)47-44(43-48)45(49)41-39-37-35-33-31-14-12-10-8-6-4-2/h5,7-8,10-11,13,16-17,19-20,22-23,25-26,31,33,39,41,44-45,48-49H,3-4,6,9,12,14-15,18,21,24,27-30,32,34-38,40,42-43H2,1-2H3,(H,47,50)/b7-5-,10-8+,13-11-,17-16-,20-19-,23-22-,26-25-,33-31+,41-39+. The number of carbonyl (C=O) groups excluding carboxylic acids is 1. The molecular weight excluding hydrogens is 615 g/mol. The van der Waals surface area contributed by atoms with Crippen molar-refractivity contribution >= 4 is 5.91 Å². The van der Waals surface area contributed by atoms with Gasteiger partial charge in [-0.05, 0) is 89.9 Å². The molecule has 0 aromatic rings. The van der Waals surface area contributed by atoms with Crippen LogP contribution in [0.1, 0.15) is 155 Å². The molecule has 0 aromatic carbocycles. The van der Waals surface area contributed by atoms with Crippen LogP contribution < -0.4 is 5.32 Å². The smallest absolute Gasteiger partial charge is 0.220 e. The number of amides is 1. The van der Waals surface area contributed by atoms with Crippen LogP contribution in [-0.4, -0.2) is 34.9 Å². The van der Waals surface area contributed by atoms with Gasteiger partial charge in [0.2, 0.25) is 5.91 Å². The van der Waals surface area contributed by atoms with Crippen molar-refractivity contribution in [1.29, 1.82) is 0 Å². The molecule has 2 atom stereocenters. The fraction of sp³-hybridized carbons (Fsp3) is 0.587. The molecule has 0 fully saturated rings. The number of allylic oxidation sites excluding steroid dienone is 17. The minimum absolute atomic E-state index is 0.0955. The maximum Gasteiger partial charge on any atom is 0.220 e. The Kier molecular flexibility index (Phi) is 38.1. The van der Waals surface area contributed by atoms with E-state index in [2.05, 4.69) is 116 Å². The summed E-state index contributed by atoms with van der Waals surface area (Å²) >= 11 is 0. The van der Waals surface area contributed by atoms with Crippen LogP contribution in [0.15, 0.2) is 109 Å². The predicted molar refractivity (Wildman–Crippen MR) is 220 cm³/mol. The lowest BCUT2D eigenvalue weighted by Crippen LogP contribution is -2.45. The molecule has 0 radical (unpaired) electrons. The first-order valence-electron chi connectivity index (χ1n) is 20.1. The van der Waals surface area contributed by atoms with Gasteiger partial charge in [-0.2, -0.15) is 0 Å². The molecule has 0 rings (SSSR count). The van der Waals surface area contributed by atoms with Crippen LogP contribution in [0.5, 0.6) is 0 Å². The van der Waals surface area contributed by atoms with Gasteiger partial charge in [0, 0.05) is 6.42 Å². The van der Waals surface area contributed by atoms with Crippen molar-refractivity contribution in [3.63, 3.8) is 0 Å². The van der Waals surface area contributed by atoms with Gasteiger partial charge >= 0.3 is 0 Å². The predicted octanol–water partition coefficient (Wildman–Crippen LogP) is 12.5. The number of unbranched alkanes of at least 4 members (excludes halogenated alkanes) is 11. The van der Waals surface area contributed by atoms with Crippen molar-refractivity contribution in [1.82, 2.24) is 5.32 Å². The van der Waals surface area contributed by atoms with E-state index in [-0.39, 0.29) is 12.5 Å². The van der Waals surface area contributed by atoms with Gasteiger partial charge < -0.3 is 15.5 Å². The molecule has 0 heterocycles. The van der Waals surface area contributed by atoms with Gasteiger partial charge in [-0.15, -0.1) is 0 Å². The molecule has 4 nitrogen and oxygen atoms in total. The van der Waals surface area contributed by atoms with Crippen LogP contribution in [0, 0.1) is 0 Å². The van der Waals surface area contributed by atoms with Crippen molar-refractivity contribution in [3.8, 4) is 0 Å². The number of aliphatic hydroxyl groups is 2. The van der Waals surface area contributed by atoms with Crippen LogP contribution in [-0.2, 0) is 4.79 Å². The molecule has 3 N–H and O–H groups in total. The fourth-order valence-electron chi connectivity index (χ4n) is 5.16. The van der Waals surface area contributed by atoms with E-state index in [9.17, 15) is 15.0 Å². The third-order valence-corrected chi connectivity index (χ3v) is 8.20. The van der Waals surface area contributed by atoms with Crippen molar-refractivity contribution in [2.75, 3.05) is 6.61 Å². The highest BCUT2D eigenvalue weighted by Gasteiger charge is 2.17. The average Bonchev–Trinajstić information content (AvgIpc) is 3.12. The Bertz CT molecular complexity index is 1010. The first kappa shape index (κ1) is 47.1.